The van der Waals surface area contributed by atoms with E-state index >= 15 is 0 Å². The van der Waals surface area contributed by atoms with Crippen LogP contribution in [0.5, 0.6) is 0 Å². The third kappa shape index (κ3) is 3.07. The van der Waals surface area contributed by atoms with Crippen LogP contribution in [-0.2, 0) is 23.2 Å². The van der Waals surface area contributed by atoms with Gasteiger partial charge in [0.05, 0.1) is 0 Å². The predicted octanol–water partition coefficient (Wildman–Crippen LogP) is -1.92. The third-order valence-corrected chi connectivity index (χ3v) is 7.15. The molecule has 1 aromatic carbocycles. The van der Waals surface area contributed by atoms with Gasteiger partial charge in [0.25, 0.3) is 0 Å². The molecule has 0 nitrogen and oxygen atoms in total. The number of allylic oxidation sites excluding steroid dienone is 5. The van der Waals surface area contributed by atoms with E-state index < -0.39 is 23.2 Å². The van der Waals surface area contributed by atoms with Gasteiger partial charge < -0.3 is 24.8 Å². The molecule has 0 saturated carbocycles. The molecule has 0 bridgehead atoms. The maximum absolute atomic E-state index is 2.45. The Labute approximate surface area is 133 Å². The van der Waals surface area contributed by atoms with Crippen molar-refractivity contribution in [3.63, 3.8) is 0 Å². The fourth-order valence-corrected chi connectivity index (χ4v) is 5.73. The Kier molecular flexibility index (Phi) is 6.11. The van der Waals surface area contributed by atoms with E-state index in [4.69, 9.17) is 0 Å². The molecule has 0 heterocycles. The first-order chi connectivity index (χ1) is 7.84. The van der Waals surface area contributed by atoms with Crippen LogP contribution in [0.2, 0.25) is 0 Å². The zero-order valence-corrected chi connectivity index (χ0v) is 14.1. The van der Waals surface area contributed by atoms with Gasteiger partial charge in [-0.1, -0.05) is 0 Å². The van der Waals surface area contributed by atoms with Crippen molar-refractivity contribution in [2.45, 2.75) is 19.3 Å². The van der Waals surface area contributed by atoms with Crippen molar-refractivity contribution in [1.82, 2.24) is 0 Å². The average molecular weight is 356 g/mol. The molecule has 0 aromatic heterocycles. The number of hydrogen-bond acceptors (Lipinski definition) is 0. The number of halogens is 2. The van der Waals surface area contributed by atoms with Crippen LogP contribution < -0.4 is 24.8 Å². The van der Waals surface area contributed by atoms with Gasteiger partial charge in [-0.2, -0.15) is 0 Å². The number of benzene rings is 1. The van der Waals surface area contributed by atoms with Crippen molar-refractivity contribution >= 4 is 6.08 Å². The van der Waals surface area contributed by atoms with Gasteiger partial charge in [0.15, 0.2) is 0 Å². The van der Waals surface area contributed by atoms with E-state index in [9.17, 15) is 0 Å². The summed E-state index contributed by atoms with van der Waals surface area (Å²) in [5, 5.41) is 0. The molecule has 1 unspecified atom stereocenters. The minimum Gasteiger partial charge on any atom is -1.00 e. The molecule has 18 heavy (non-hydrogen) atoms. The molecular formula is C15H14Cl2Zr. The standard InChI is InChI=1S/C10H9.C5H5.2ClH.Zr/c1-8-6-7-9-4-2-3-5-10(8)9;1-2-4-5-3-1;;;/h2-5,7-8H,1H3;1-3H,4H2;2*1H;/q;;;;+2/p-2. The van der Waals surface area contributed by atoms with Gasteiger partial charge in [0.2, 0.25) is 0 Å². The van der Waals surface area contributed by atoms with E-state index in [1.165, 1.54) is 17.5 Å². The van der Waals surface area contributed by atoms with Gasteiger partial charge in [0, 0.05) is 0 Å². The van der Waals surface area contributed by atoms with Gasteiger partial charge >= 0.3 is 109 Å². The summed E-state index contributed by atoms with van der Waals surface area (Å²) >= 11 is -0.485. The molecule has 0 saturated heterocycles. The summed E-state index contributed by atoms with van der Waals surface area (Å²) in [6.45, 7) is 2.36. The van der Waals surface area contributed by atoms with Crippen LogP contribution in [0, 0.1) is 0 Å². The van der Waals surface area contributed by atoms with Gasteiger partial charge in [-0.25, -0.2) is 0 Å². The Bertz CT molecular complexity index is 515. The molecule has 92 valence electrons. The van der Waals surface area contributed by atoms with Gasteiger partial charge in [-0.15, -0.1) is 0 Å². The maximum atomic E-state index is 2.45. The second-order valence-electron chi connectivity index (χ2n) is 4.40. The first kappa shape index (κ1) is 16.0. The molecule has 0 fully saturated rings. The van der Waals surface area contributed by atoms with Crippen LogP contribution in [0.15, 0.2) is 49.1 Å². The quantitative estimate of drug-likeness (QED) is 0.580. The Morgan fingerprint density at radius 1 is 1.17 bits per heavy atom. The smallest absolute Gasteiger partial charge is 1.00 e. The second-order valence-corrected chi connectivity index (χ2v) is 8.01. The molecule has 2 aliphatic rings. The SMILES string of the molecule is CC1[C]([Zr+2][C]2=CC=CC2)=Cc2ccccc21.[Cl-].[Cl-]. The van der Waals surface area contributed by atoms with Crippen molar-refractivity contribution in [3.8, 4) is 0 Å². The topological polar surface area (TPSA) is 0 Å². The van der Waals surface area contributed by atoms with Crippen LogP contribution in [0.4, 0.5) is 0 Å². The Hall–Kier alpha value is -0.0969. The molecule has 2 aliphatic carbocycles. The largest absolute Gasteiger partial charge is 1.00 e. The van der Waals surface area contributed by atoms with Crippen molar-refractivity contribution in [2.24, 2.45) is 0 Å². The van der Waals surface area contributed by atoms with Crippen molar-refractivity contribution in [2.75, 3.05) is 0 Å². The predicted molar refractivity (Wildman–Crippen MR) is 64.7 cm³/mol. The van der Waals surface area contributed by atoms with E-state index in [2.05, 4.69) is 55.5 Å². The summed E-state index contributed by atoms with van der Waals surface area (Å²) in [5.74, 6) is 0.671. The molecule has 1 atom stereocenters. The summed E-state index contributed by atoms with van der Waals surface area (Å²) < 4.78 is 3.45. The van der Waals surface area contributed by atoms with Crippen LogP contribution in [0.3, 0.4) is 0 Å². The van der Waals surface area contributed by atoms with E-state index in [0.29, 0.717) is 5.92 Å². The first-order valence-corrected chi connectivity index (χ1v) is 8.23. The monoisotopic (exact) mass is 354 g/mol. The molecule has 0 N–H and O–H groups in total. The normalized spacial score (nSPS) is 19.1. The van der Waals surface area contributed by atoms with Crippen molar-refractivity contribution in [1.29, 1.82) is 0 Å². The van der Waals surface area contributed by atoms with E-state index in [1.807, 2.05) is 0 Å². The molecule has 0 aliphatic heterocycles. The summed E-state index contributed by atoms with van der Waals surface area (Å²) in [6, 6.07) is 8.84. The maximum Gasteiger partial charge on any atom is -1.00 e. The Morgan fingerprint density at radius 2 is 1.94 bits per heavy atom. The van der Waals surface area contributed by atoms with Crippen LogP contribution in [0.1, 0.15) is 30.4 Å². The average Bonchev–Trinajstić information content (AvgIpc) is 2.90. The summed E-state index contributed by atoms with van der Waals surface area (Å²) in [6.07, 6.45) is 10.5. The first-order valence-electron chi connectivity index (χ1n) is 5.78. The zero-order chi connectivity index (χ0) is 11.0. The van der Waals surface area contributed by atoms with E-state index in [0.717, 1.165) is 0 Å². The van der Waals surface area contributed by atoms with Gasteiger partial charge in [-0.3, -0.25) is 0 Å². The minimum atomic E-state index is -0.485. The fourth-order valence-electron chi connectivity index (χ4n) is 2.37. The van der Waals surface area contributed by atoms with Crippen molar-refractivity contribution in [3.05, 3.63) is 60.2 Å². The molecule has 3 heteroatoms. The molecular weight excluding hydrogens is 342 g/mol. The van der Waals surface area contributed by atoms with Crippen LogP contribution in [0.25, 0.3) is 6.08 Å². The number of hydrogen-bond donors (Lipinski definition) is 0. The van der Waals surface area contributed by atoms with Crippen molar-refractivity contribution < 1.29 is 48.0 Å². The second kappa shape index (κ2) is 6.89. The molecule has 1 aromatic rings. The third-order valence-electron chi connectivity index (χ3n) is 3.32. The fraction of sp³-hybridized carbons (Fsp3) is 0.200. The van der Waals surface area contributed by atoms with E-state index in [1.54, 1.807) is 6.56 Å². The van der Waals surface area contributed by atoms with E-state index in [-0.39, 0.29) is 24.8 Å². The van der Waals surface area contributed by atoms with Crippen LogP contribution in [-0.4, -0.2) is 0 Å². The molecule has 0 spiro atoms. The number of fused-ring (bicyclic) bond motifs is 1. The minimum absolute atomic E-state index is 0. The molecule has 0 amide bonds. The number of rotatable bonds is 2. The van der Waals surface area contributed by atoms with Gasteiger partial charge in [0.1, 0.15) is 0 Å². The van der Waals surface area contributed by atoms with Crippen LogP contribution >= 0.6 is 0 Å². The molecule has 3 rings (SSSR count). The molecule has 0 radical (unpaired) electrons. The Balaban J connectivity index is 0.000000810. The summed E-state index contributed by atoms with van der Waals surface area (Å²) in [5.41, 5.74) is 2.99. The van der Waals surface area contributed by atoms with Gasteiger partial charge in [-0.05, 0) is 0 Å². The summed E-state index contributed by atoms with van der Waals surface area (Å²) in [4.78, 5) is 0. The Morgan fingerprint density at radius 3 is 2.61 bits per heavy atom. The zero-order valence-electron chi connectivity index (χ0n) is 10.2. The summed E-state index contributed by atoms with van der Waals surface area (Å²) in [7, 11) is 0.